The van der Waals surface area contributed by atoms with Gasteiger partial charge in [-0.1, -0.05) is 43.7 Å². The van der Waals surface area contributed by atoms with Crippen molar-refractivity contribution in [3.05, 3.63) is 35.9 Å². The molecule has 0 unspecified atom stereocenters. The molecule has 4 nitrogen and oxygen atoms in total. The second-order valence-electron chi connectivity index (χ2n) is 5.13. The standard InChI is InChI=1S/C16H24O4/c1-2-3-9-19-16-14(17)11-20-15(16)12-18-10-13-7-5-4-6-8-13/h4-8,14-17H,2-3,9-12H2,1H3/t14-,15+,16-/m0/s1. The van der Waals surface area contributed by atoms with E-state index in [1.165, 1.54) is 0 Å². The quantitative estimate of drug-likeness (QED) is 0.741. The largest absolute Gasteiger partial charge is 0.388 e. The summed E-state index contributed by atoms with van der Waals surface area (Å²) in [5.74, 6) is 0. The van der Waals surface area contributed by atoms with E-state index in [1.807, 2.05) is 30.3 Å². The Morgan fingerprint density at radius 2 is 2.10 bits per heavy atom. The molecular weight excluding hydrogens is 256 g/mol. The van der Waals surface area contributed by atoms with Crippen LogP contribution >= 0.6 is 0 Å². The molecule has 0 radical (unpaired) electrons. The van der Waals surface area contributed by atoms with Gasteiger partial charge >= 0.3 is 0 Å². The van der Waals surface area contributed by atoms with Crippen LogP contribution < -0.4 is 0 Å². The molecule has 1 saturated heterocycles. The first-order chi connectivity index (χ1) is 9.81. The Labute approximate surface area is 120 Å². The highest BCUT2D eigenvalue weighted by atomic mass is 16.6. The van der Waals surface area contributed by atoms with E-state index < -0.39 is 6.10 Å². The van der Waals surface area contributed by atoms with Crippen molar-refractivity contribution in [1.82, 2.24) is 0 Å². The summed E-state index contributed by atoms with van der Waals surface area (Å²) in [4.78, 5) is 0. The topological polar surface area (TPSA) is 47.9 Å². The average molecular weight is 280 g/mol. The first-order valence-electron chi connectivity index (χ1n) is 7.34. The molecule has 1 aromatic carbocycles. The minimum absolute atomic E-state index is 0.175. The summed E-state index contributed by atoms with van der Waals surface area (Å²) in [7, 11) is 0. The van der Waals surface area contributed by atoms with Crippen LogP contribution in [0.5, 0.6) is 0 Å². The van der Waals surface area contributed by atoms with E-state index in [-0.39, 0.29) is 12.2 Å². The van der Waals surface area contributed by atoms with E-state index in [4.69, 9.17) is 14.2 Å². The lowest BCUT2D eigenvalue weighted by Gasteiger charge is -2.21. The molecule has 1 aliphatic rings. The molecule has 0 bridgehead atoms. The third-order valence-electron chi connectivity index (χ3n) is 3.43. The number of rotatable bonds is 8. The fraction of sp³-hybridized carbons (Fsp3) is 0.625. The maximum atomic E-state index is 9.87. The van der Waals surface area contributed by atoms with Gasteiger partial charge in [0.15, 0.2) is 0 Å². The van der Waals surface area contributed by atoms with E-state index >= 15 is 0 Å². The van der Waals surface area contributed by atoms with Gasteiger partial charge in [0.05, 0.1) is 19.8 Å². The lowest BCUT2D eigenvalue weighted by Crippen LogP contribution is -2.36. The highest BCUT2D eigenvalue weighted by Gasteiger charge is 2.37. The van der Waals surface area contributed by atoms with Crippen LogP contribution in [0, 0.1) is 0 Å². The van der Waals surface area contributed by atoms with Crippen molar-refractivity contribution in [1.29, 1.82) is 0 Å². The highest BCUT2D eigenvalue weighted by molar-refractivity contribution is 5.13. The number of benzene rings is 1. The van der Waals surface area contributed by atoms with Crippen LogP contribution in [0.1, 0.15) is 25.3 Å². The van der Waals surface area contributed by atoms with Gasteiger partial charge in [-0.2, -0.15) is 0 Å². The van der Waals surface area contributed by atoms with E-state index in [0.29, 0.717) is 26.4 Å². The summed E-state index contributed by atoms with van der Waals surface area (Å²) in [5, 5.41) is 9.87. The number of hydrogen-bond acceptors (Lipinski definition) is 4. The van der Waals surface area contributed by atoms with Gasteiger partial charge in [0.25, 0.3) is 0 Å². The van der Waals surface area contributed by atoms with Crippen molar-refractivity contribution in [3.63, 3.8) is 0 Å². The zero-order valence-electron chi connectivity index (χ0n) is 12.0. The van der Waals surface area contributed by atoms with Crippen molar-refractivity contribution in [2.24, 2.45) is 0 Å². The number of aliphatic hydroxyl groups excluding tert-OH is 1. The summed E-state index contributed by atoms with van der Waals surface area (Å²) in [5.41, 5.74) is 1.13. The van der Waals surface area contributed by atoms with Crippen LogP contribution in [0.2, 0.25) is 0 Å². The summed E-state index contributed by atoms with van der Waals surface area (Å²) in [6.45, 7) is 4.11. The van der Waals surface area contributed by atoms with Crippen LogP contribution in [-0.4, -0.2) is 43.2 Å². The van der Waals surface area contributed by atoms with Gasteiger partial charge in [-0.25, -0.2) is 0 Å². The van der Waals surface area contributed by atoms with Crippen LogP contribution in [-0.2, 0) is 20.8 Å². The van der Waals surface area contributed by atoms with Crippen LogP contribution in [0.25, 0.3) is 0 Å². The van der Waals surface area contributed by atoms with Gasteiger partial charge in [-0.05, 0) is 12.0 Å². The third kappa shape index (κ3) is 4.56. The van der Waals surface area contributed by atoms with Crippen molar-refractivity contribution in [3.8, 4) is 0 Å². The summed E-state index contributed by atoms with van der Waals surface area (Å²) in [6.07, 6.45) is 1.10. The van der Waals surface area contributed by atoms with Gasteiger partial charge < -0.3 is 19.3 Å². The van der Waals surface area contributed by atoms with E-state index in [2.05, 4.69) is 6.92 Å². The Balaban J connectivity index is 1.73. The smallest absolute Gasteiger partial charge is 0.114 e. The number of unbranched alkanes of at least 4 members (excludes halogenated alkanes) is 1. The first kappa shape index (κ1) is 15.4. The number of aliphatic hydroxyl groups is 1. The lowest BCUT2D eigenvalue weighted by atomic mass is 10.1. The van der Waals surface area contributed by atoms with E-state index in [0.717, 1.165) is 18.4 Å². The predicted octanol–water partition coefficient (Wildman–Crippen LogP) is 2.15. The van der Waals surface area contributed by atoms with Crippen LogP contribution in [0.4, 0.5) is 0 Å². The molecule has 2 rings (SSSR count). The average Bonchev–Trinajstić information content (AvgIpc) is 2.82. The molecule has 0 spiro atoms. The molecule has 0 aliphatic carbocycles. The molecule has 112 valence electrons. The monoisotopic (exact) mass is 280 g/mol. The Bertz CT molecular complexity index is 368. The normalized spacial score (nSPS) is 26.0. The molecule has 1 heterocycles. The second-order valence-corrected chi connectivity index (χ2v) is 5.13. The maximum Gasteiger partial charge on any atom is 0.114 e. The molecule has 0 amide bonds. The molecule has 0 aromatic heterocycles. The SMILES string of the molecule is CCCCO[C@H]1[C@@H](O)CO[C@@H]1COCc1ccccc1. The van der Waals surface area contributed by atoms with Crippen molar-refractivity contribution in [2.75, 3.05) is 19.8 Å². The Hall–Kier alpha value is -0.940. The molecule has 0 saturated carbocycles. The van der Waals surface area contributed by atoms with Crippen molar-refractivity contribution < 1.29 is 19.3 Å². The zero-order valence-corrected chi connectivity index (χ0v) is 12.0. The van der Waals surface area contributed by atoms with Gasteiger partial charge in [-0.15, -0.1) is 0 Å². The molecule has 4 heteroatoms. The second kappa shape index (κ2) is 8.37. The highest BCUT2D eigenvalue weighted by Crippen LogP contribution is 2.19. The molecule has 1 aromatic rings. The molecule has 1 aliphatic heterocycles. The Morgan fingerprint density at radius 3 is 2.85 bits per heavy atom. The summed E-state index contributed by atoms with van der Waals surface area (Å²) >= 11 is 0. The fourth-order valence-corrected chi connectivity index (χ4v) is 2.25. The zero-order chi connectivity index (χ0) is 14.2. The molecule has 20 heavy (non-hydrogen) atoms. The third-order valence-corrected chi connectivity index (χ3v) is 3.43. The first-order valence-corrected chi connectivity index (χ1v) is 7.34. The predicted molar refractivity (Wildman–Crippen MR) is 76.5 cm³/mol. The van der Waals surface area contributed by atoms with E-state index in [9.17, 15) is 5.11 Å². The molecular formula is C16H24O4. The lowest BCUT2D eigenvalue weighted by molar-refractivity contribution is -0.0685. The van der Waals surface area contributed by atoms with Crippen LogP contribution in [0.15, 0.2) is 30.3 Å². The molecule has 1 fully saturated rings. The summed E-state index contributed by atoms with van der Waals surface area (Å²) < 4.78 is 16.9. The number of hydrogen-bond donors (Lipinski definition) is 1. The van der Waals surface area contributed by atoms with E-state index in [1.54, 1.807) is 0 Å². The Morgan fingerprint density at radius 1 is 1.30 bits per heavy atom. The van der Waals surface area contributed by atoms with Crippen molar-refractivity contribution in [2.45, 2.75) is 44.7 Å². The van der Waals surface area contributed by atoms with Gasteiger partial charge in [0.2, 0.25) is 0 Å². The minimum Gasteiger partial charge on any atom is -0.388 e. The number of ether oxygens (including phenoxy) is 3. The molecule has 3 atom stereocenters. The maximum absolute atomic E-state index is 9.87. The van der Waals surface area contributed by atoms with Gasteiger partial charge in [0, 0.05) is 6.61 Å². The minimum atomic E-state index is -0.544. The van der Waals surface area contributed by atoms with Crippen LogP contribution in [0.3, 0.4) is 0 Å². The van der Waals surface area contributed by atoms with Crippen molar-refractivity contribution >= 4 is 0 Å². The van der Waals surface area contributed by atoms with Gasteiger partial charge in [0.1, 0.15) is 18.3 Å². The fourth-order valence-electron chi connectivity index (χ4n) is 2.25. The van der Waals surface area contributed by atoms with Gasteiger partial charge in [-0.3, -0.25) is 0 Å². The Kier molecular flexibility index (Phi) is 6.47. The summed E-state index contributed by atoms with van der Waals surface area (Å²) in [6, 6.07) is 10.0. The molecule has 1 N–H and O–H groups in total.